The van der Waals surface area contributed by atoms with Crippen LogP contribution in [-0.4, -0.2) is 10.9 Å². The Kier molecular flexibility index (Phi) is 3.69. The Morgan fingerprint density at radius 2 is 2.38 bits per heavy atom. The van der Waals surface area contributed by atoms with Gasteiger partial charge in [0, 0.05) is 12.4 Å². The van der Waals surface area contributed by atoms with E-state index in [1.807, 2.05) is 16.8 Å². The lowest BCUT2D eigenvalue weighted by Crippen LogP contribution is -2.14. The maximum absolute atomic E-state index is 11.7. The van der Waals surface area contributed by atoms with Gasteiger partial charge in [0.25, 0.3) is 0 Å². The van der Waals surface area contributed by atoms with E-state index in [0.717, 1.165) is 15.7 Å². The lowest BCUT2D eigenvalue weighted by molar-refractivity contribution is -0.115. The number of nitrogens with zero attached hydrogens (tertiary/aromatic N) is 1. The molecule has 1 amide bonds. The fourth-order valence-corrected chi connectivity index (χ4v) is 2.27. The maximum Gasteiger partial charge on any atom is 0.228 e. The molecule has 82 valence electrons. The molecule has 16 heavy (non-hydrogen) atoms. The smallest absolute Gasteiger partial charge is 0.228 e. The van der Waals surface area contributed by atoms with Crippen molar-refractivity contribution in [2.75, 3.05) is 5.32 Å². The zero-order valence-electron chi connectivity index (χ0n) is 8.31. The molecule has 0 radical (unpaired) electrons. The molecular formula is C11H9BrN2OS. The molecule has 0 bridgehead atoms. The highest BCUT2D eigenvalue weighted by molar-refractivity contribution is 9.10. The number of nitrogens with one attached hydrogen (secondary N) is 1. The zero-order chi connectivity index (χ0) is 11.4. The van der Waals surface area contributed by atoms with Gasteiger partial charge < -0.3 is 5.32 Å². The Labute approximate surface area is 106 Å². The Balaban J connectivity index is 2.00. The summed E-state index contributed by atoms with van der Waals surface area (Å²) >= 11 is 4.92. The molecule has 0 spiro atoms. The molecular weight excluding hydrogens is 288 g/mol. The second-order valence-corrected chi connectivity index (χ2v) is 4.85. The number of anilines is 1. The molecule has 0 unspecified atom stereocenters. The first-order chi connectivity index (χ1) is 7.75. The van der Waals surface area contributed by atoms with Gasteiger partial charge in [0.15, 0.2) is 0 Å². The third-order valence-corrected chi connectivity index (χ3v) is 3.36. The van der Waals surface area contributed by atoms with Gasteiger partial charge in [-0.15, -0.1) is 0 Å². The summed E-state index contributed by atoms with van der Waals surface area (Å²) in [7, 11) is 0. The second-order valence-electron chi connectivity index (χ2n) is 3.21. The van der Waals surface area contributed by atoms with Gasteiger partial charge in [-0.2, -0.15) is 11.3 Å². The number of thiophene rings is 1. The largest absolute Gasteiger partial charge is 0.325 e. The van der Waals surface area contributed by atoms with Crippen molar-refractivity contribution in [1.29, 1.82) is 0 Å². The topological polar surface area (TPSA) is 42.0 Å². The SMILES string of the molecule is O=C(Cc1ccsc1)Nc1ccncc1Br. The molecule has 0 aromatic carbocycles. The van der Waals surface area contributed by atoms with E-state index in [2.05, 4.69) is 26.2 Å². The number of pyridine rings is 1. The van der Waals surface area contributed by atoms with E-state index < -0.39 is 0 Å². The Morgan fingerprint density at radius 1 is 1.50 bits per heavy atom. The van der Waals surface area contributed by atoms with E-state index in [9.17, 15) is 4.79 Å². The minimum atomic E-state index is -0.0229. The first kappa shape index (κ1) is 11.3. The van der Waals surface area contributed by atoms with Gasteiger partial charge in [-0.25, -0.2) is 0 Å². The number of hydrogen-bond donors (Lipinski definition) is 1. The Bertz CT molecular complexity index is 484. The molecule has 3 nitrogen and oxygen atoms in total. The summed E-state index contributed by atoms with van der Waals surface area (Å²) in [5.41, 5.74) is 1.78. The van der Waals surface area contributed by atoms with Crippen molar-refractivity contribution in [3.05, 3.63) is 45.3 Å². The first-order valence-corrected chi connectivity index (χ1v) is 6.40. The molecule has 0 aliphatic rings. The fraction of sp³-hybridized carbons (Fsp3) is 0.0909. The van der Waals surface area contributed by atoms with Crippen LogP contribution < -0.4 is 5.32 Å². The number of halogens is 1. The fourth-order valence-electron chi connectivity index (χ4n) is 1.25. The predicted octanol–water partition coefficient (Wildman–Crippen LogP) is 3.09. The number of hydrogen-bond acceptors (Lipinski definition) is 3. The number of rotatable bonds is 3. The number of carbonyl (C=O) groups excluding carboxylic acids is 1. The van der Waals surface area contributed by atoms with Crippen molar-refractivity contribution in [3.63, 3.8) is 0 Å². The summed E-state index contributed by atoms with van der Waals surface area (Å²) in [6, 6.07) is 3.71. The highest BCUT2D eigenvalue weighted by atomic mass is 79.9. The second kappa shape index (κ2) is 5.23. The van der Waals surface area contributed by atoms with Crippen LogP contribution in [0.2, 0.25) is 0 Å². The molecule has 2 aromatic rings. The van der Waals surface area contributed by atoms with Crippen molar-refractivity contribution < 1.29 is 4.79 Å². The number of amides is 1. The molecule has 0 saturated heterocycles. The summed E-state index contributed by atoms with van der Waals surface area (Å²) < 4.78 is 0.786. The Morgan fingerprint density at radius 3 is 3.06 bits per heavy atom. The van der Waals surface area contributed by atoms with Gasteiger partial charge >= 0.3 is 0 Å². The first-order valence-electron chi connectivity index (χ1n) is 4.66. The van der Waals surface area contributed by atoms with Gasteiger partial charge in [0.05, 0.1) is 16.6 Å². The molecule has 2 aromatic heterocycles. The van der Waals surface area contributed by atoms with E-state index in [1.54, 1.807) is 29.8 Å². The quantitative estimate of drug-likeness (QED) is 0.946. The number of aromatic nitrogens is 1. The van der Waals surface area contributed by atoms with Crippen LogP contribution >= 0.6 is 27.3 Å². The van der Waals surface area contributed by atoms with Gasteiger partial charge in [-0.3, -0.25) is 9.78 Å². The van der Waals surface area contributed by atoms with Gasteiger partial charge in [-0.05, 0) is 44.4 Å². The molecule has 1 N–H and O–H groups in total. The van der Waals surface area contributed by atoms with E-state index in [1.165, 1.54) is 0 Å². The highest BCUT2D eigenvalue weighted by Gasteiger charge is 2.06. The molecule has 0 fully saturated rings. The van der Waals surface area contributed by atoms with Crippen LogP contribution in [-0.2, 0) is 11.2 Å². The van der Waals surface area contributed by atoms with Crippen molar-refractivity contribution in [2.24, 2.45) is 0 Å². The van der Waals surface area contributed by atoms with E-state index in [0.29, 0.717) is 6.42 Å². The molecule has 5 heteroatoms. The standard InChI is InChI=1S/C11H9BrN2OS/c12-9-6-13-3-1-10(9)14-11(15)5-8-2-4-16-7-8/h1-4,6-7H,5H2,(H,13,14,15). The molecule has 0 aliphatic heterocycles. The third kappa shape index (κ3) is 2.90. The average Bonchev–Trinajstić information content (AvgIpc) is 2.74. The van der Waals surface area contributed by atoms with Crippen molar-refractivity contribution in [1.82, 2.24) is 4.98 Å². The Hall–Kier alpha value is -1.20. The summed E-state index contributed by atoms with van der Waals surface area (Å²) in [6.45, 7) is 0. The molecule has 2 heterocycles. The molecule has 0 atom stereocenters. The maximum atomic E-state index is 11.7. The average molecular weight is 297 g/mol. The van der Waals surface area contributed by atoms with Crippen molar-refractivity contribution in [3.8, 4) is 0 Å². The minimum absolute atomic E-state index is 0.0229. The van der Waals surface area contributed by atoms with Crippen molar-refractivity contribution in [2.45, 2.75) is 6.42 Å². The summed E-state index contributed by atoms with van der Waals surface area (Å²) in [4.78, 5) is 15.6. The monoisotopic (exact) mass is 296 g/mol. The van der Waals surface area contributed by atoms with Gasteiger partial charge in [-0.1, -0.05) is 0 Å². The van der Waals surface area contributed by atoms with E-state index in [4.69, 9.17) is 0 Å². The highest BCUT2D eigenvalue weighted by Crippen LogP contribution is 2.20. The third-order valence-electron chi connectivity index (χ3n) is 1.99. The molecule has 2 rings (SSSR count). The summed E-state index contributed by atoms with van der Waals surface area (Å²) in [5.74, 6) is -0.0229. The molecule has 0 saturated carbocycles. The van der Waals surface area contributed by atoms with Crippen LogP contribution in [0.1, 0.15) is 5.56 Å². The lowest BCUT2D eigenvalue weighted by atomic mass is 10.2. The van der Waals surface area contributed by atoms with E-state index in [-0.39, 0.29) is 5.91 Å². The van der Waals surface area contributed by atoms with Crippen LogP contribution in [0.4, 0.5) is 5.69 Å². The normalized spacial score (nSPS) is 10.1. The van der Waals surface area contributed by atoms with Gasteiger partial charge in [0.1, 0.15) is 0 Å². The summed E-state index contributed by atoms with van der Waals surface area (Å²) in [5, 5.41) is 6.76. The predicted molar refractivity (Wildman–Crippen MR) is 68.6 cm³/mol. The number of carbonyl (C=O) groups is 1. The van der Waals surface area contributed by atoms with E-state index >= 15 is 0 Å². The van der Waals surface area contributed by atoms with Crippen LogP contribution in [0, 0.1) is 0 Å². The molecule has 0 aliphatic carbocycles. The lowest BCUT2D eigenvalue weighted by Gasteiger charge is -2.05. The minimum Gasteiger partial charge on any atom is -0.325 e. The summed E-state index contributed by atoms with van der Waals surface area (Å²) in [6.07, 6.45) is 3.70. The van der Waals surface area contributed by atoms with Crippen LogP contribution in [0.25, 0.3) is 0 Å². The van der Waals surface area contributed by atoms with Crippen LogP contribution in [0.3, 0.4) is 0 Å². The van der Waals surface area contributed by atoms with Gasteiger partial charge in [0.2, 0.25) is 5.91 Å². The zero-order valence-corrected chi connectivity index (χ0v) is 10.7. The van der Waals surface area contributed by atoms with Crippen LogP contribution in [0.5, 0.6) is 0 Å². The van der Waals surface area contributed by atoms with Crippen LogP contribution in [0.15, 0.2) is 39.8 Å². The van der Waals surface area contributed by atoms with Crippen molar-refractivity contribution >= 4 is 38.9 Å².